The maximum Gasteiger partial charge on any atom is 0.352 e. The normalized spacial score (nSPS) is 14.9. The smallest absolute Gasteiger partial charge is 0.347 e. The van der Waals surface area contributed by atoms with E-state index in [4.69, 9.17) is 11.0 Å². The molecule has 98 valence electrons. The second kappa shape index (κ2) is 4.80. The van der Waals surface area contributed by atoms with Crippen LogP contribution in [0.3, 0.4) is 0 Å². The lowest BCUT2D eigenvalue weighted by molar-refractivity contribution is 0.131. The van der Waals surface area contributed by atoms with E-state index in [1.54, 1.807) is 0 Å². The molecule has 2 rings (SSSR count). The van der Waals surface area contributed by atoms with Gasteiger partial charge in [-0.25, -0.2) is 6.57 Å². The SMILES string of the molecule is [C-]#[N+]C(C)(O[Si](C)(C)C)c1cccc2ccccc12. The van der Waals surface area contributed by atoms with Gasteiger partial charge in [0.1, 0.15) is 0 Å². The van der Waals surface area contributed by atoms with Crippen LogP contribution in [0.15, 0.2) is 42.5 Å². The van der Waals surface area contributed by atoms with Crippen LogP contribution >= 0.6 is 0 Å². The van der Waals surface area contributed by atoms with Gasteiger partial charge in [-0.05, 0) is 36.5 Å². The lowest BCUT2D eigenvalue weighted by Crippen LogP contribution is -2.36. The average molecular weight is 269 g/mol. The Morgan fingerprint density at radius 1 is 1.05 bits per heavy atom. The van der Waals surface area contributed by atoms with Gasteiger partial charge in [-0.1, -0.05) is 36.4 Å². The minimum absolute atomic E-state index is 0.897. The Hall–Kier alpha value is -1.63. The fraction of sp³-hybridized carbons (Fsp3) is 0.312. The van der Waals surface area contributed by atoms with Crippen LogP contribution in [0.2, 0.25) is 19.6 Å². The molecule has 0 radical (unpaired) electrons. The summed E-state index contributed by atoms with van der Waals surface area (Å²) in [5.74, 6) is 0. The predicted molar refractivity (Wildman–Crippen MR) is 82.3 cm³/mol. The molecule has 2 nitrogen and oxygen atoms in total. The van der Waals surface area contributed by atoms with Crippen molar-refractivity contribution in [2.75, 3.05) is 0 Å². The topological polar surface area (TPSA) is 13.6 Å². The number of hydrogen-bond acceptors (Lipinski definition) is 1. The van der Waals surface area contributed by atoms with Crippen LogP contribution in [-0.4, -0.2) is 8.32 Å². The van der Waals surface area contributed by atoms with E-state index in [-0.39, 0.29) is 0 Å². The summed E-state index contributed by atoms with van der Waals surface area (Å²) in [6, 6.07) is 14.2. The molecule has 1 atom stereocenters. The van der Waals surface area contributed by atoms with Crippen LogP contribution in [-0.2, 0) is 10.2 Å². The standard InChI is InChI=1S/C16H19NOSi/c1-16(17-2,18-19(3,4)5)15-12-8-10-13-9-6-7-11-14(13)15/h6-12H,1,3-5H3. The highest BCUT2D eigenvalue weighted by atomic mass is 28.4. The first-order valence-electron chi connectivity index (χ1n) is 6.43. The Bertz CT molecular complexity index is 634. The van der Waals surface area contributed by atoms with Gasteiger partial charge in [-0.2, -0.15) is 0 Å². The molecule has 1 unspecified atom stereocenters. The summed E-state index contributed by atoms with van der Waals surface area (Å²) in [6.07, 6.45) is 0. The Morgan fingerprint density at radius 3 is 2.32 bits per heavy atom. The molecular weight excluding hydrogens is 250 g/mol. The summed E-state index contributed by atoms with van der Waals surface area (Å²) in [4.78, 5) is 3.79. The van der Waals surface area contributed by atoms with Crippen LogP contribution in [0.5, 0.6) is 0 Å². The monoisotopic (exact) mass is 269 g/mol. The summed E-state index contributed by atoms with van der Waals surface area (Å²) >= 11 is 0. The Balaban J connectivity index is 2.62. The van der Waals surface area contributed by atoms with Crippen LogP contribution in [0.1, 0.15) is 12.5 Å². The molecule has 0 aliphatic carbocycles. The molecule has 0 aromatic heterocycles. The maximum absolute atomic E-state index is 7.57. The molecule has 2 aromatic carbocycles. The first kappa shape index (κ1) is 13.8. The van der Waals surface area contributed by atoms with E-state index < -0.39 is 14.0 Å². The zero-order chi connectivity index (χ0) is 14.1. The van der Waals surface area contributed by atoms with Crippen molar-refractivity contribution in [3.63, 3.8) is 0 Å². The second-order valence-corrected chi connectivity index (χ2v) is 10.3. The molecule has 0 aliphatic rings. The first-order chi connectivity index (χ1) is 8.86. The highest BCUT2D eigenvalue weighted by molar-refractivity contribution is 6.69. The Labute approximate surface area is 116 Å². The number of fused-ring (bicyclic) bond motifs is 1. The van der Waals surface area contributed by atoms with Gasteiger partial charge >= 0.3 is 5.72 Å². The summed E-state index contributed by atoms with van der Waals surface area (Å²) in [5.41, 5.74) is 0.0636. The molecular formula is C16H19NOSi. The summed E-state index contributed by atoms with van der Waals surface area (Å²) in [6.45, 7) is 15.8. The minimum Gasteiger partial charge on any atom is -0.347 e. The van der Waals surface area contributed by atoms with Gasteiger partial charge < -0.3 is 4.43 Å². The quantitative estimate of drug-likeness (QED) is 0.577. The van der Waals surface area contributed by atoms with Crippen molar-refractivity contribution < 1.29 is 4.43 Å². The lowest BCUT2D eigenvalue weighted by Gasteiger charge is -2.27. The number of hydrogen-bond donors (Lipinski definition) is 0. The van der Waals surface area contributed by atoms with E-state index in [0.717, 1.165) is 16.3 Å². The van der Waals surface area contributed by atoms with Crippen molar-refractivity contribution >= 4 is 19.1 Å². The molecule has 0 spiro atoms. The van der Waals surface area contributed by atoms with Crippen molar-refractivity contribution in [1.82, 2.24) is 0 Å². The molecule has 0 fully saturated rings. The van der Waals surface area contributed by atoms with Gasteiger partial charge in [-0.3, -0.25) is 4.85 Å². The highest BCUT2D eigenvalue weighted by Gasteiger charge is 2.40. The van der Waals surface area contributed by atoms with Gasteiger partial charge in [0, 0.05) is 6.92 Å². The van der Waals surface area contributed by atoms with Crippen molar-refractivity contribution in [3.8, 4) is 0 Å². The number of nitrogens with zero attached hydrogens (tertiary/aromatic N) is 1. The van der Waals surface area contributed by atoms with Gasteiger partial charge in [0.25, 0.3) is 0 Å². The van der Waals surface area contributed by atoms with E-state index in [1.165, 1.54) is 0 Å². The Morgan fingerprint density at radius 2 is 1.68 bits per heavy atom. The summed E-state index contributed by atoms with van der Waals surface area (Å²) in [5, 5.41) is 2.25. The van der Waals surface area contributed by atoms with E-state index in [0.29, 0.717) is 0 Å². The van der Waals surface area contributed by atoms with Crippen molar-refractivity contribution in [2.45, 2.75) is 32.3 Å². The molecule has 0 bridgehead atoms. The molecule has 0 amide bonds. The third kappa shape index (κ3) is 2.86. The van der Waals surface area contributed by atoms with E-state index in [2.05, 4.69) is 42.7 Å². The van der Waals surface area contributed by atoms with Crippen LogP contribution < -0.4 is 0 Å². The zero-order valence-corrected chi connectivity index (χ0v) is 12.9. The third-order valence-electron chi connectivity index (χ3n) is 3.01. The van der Waals surface area contributed by atoms with Gasteiger partial charge in [-0.15, -0.1) is 0 Å². The fourth-order valence-electron chi connectivity index (χ4n) is 2.36. The van der Waals surface area contributed by atoms with Crippen molar-refractivity contribution in [1.29, 1.82) is 0 Å². The molecule has 0 saturated carbocycles. The maximum atomic E-state index is 7.57. The van der Waals surface area contributed by atoms with Crippen molar-refractivity contribution in [3.05, 3.63) is 59.4 Å². The molecule has 0 saturated heterocycles. The largest absolute Gasteiger partial charge is 0.352 e. The molecule has 0 aliphatic heterocycles. The Kier molecular flexibility index (Phi) is 3.49. The highest BCUT2D eigenvalue weighted by Crippen LogP contribution is 2.35. The number of rotatable bonds is 3. The first-order valence-corrected chi connectivity index (χ1v) is 9.84. The number of benzene rings is 2. The third-order valence-corrected chi connectivity index (χ3v) is 4.02. The zero-order valence-electron chi connectivity index (χ0n) is 11.9. The molecule has 19 heavy (non-hydrogen) atoms. The molecule has 0 heterocycles. The van der Waals surface area contributed by atoms with Crippen LogP contribution in [0.25, 0.3) is 15.6 Å². The van der Waals surface area contributed by atoms with E-state index in [1.807, 2.05) is 31.2 Å². The predicted octanol–water partition coefficient (Wildman–Crippen LogP) is 4.78. The fourth-order valence-corrected chi connectivity index (χ4v) is 3.71. The minimum atomic E-state index is -1.80. The second-order valence-electron chi connectivity index (χ2n) is 5.84. The molecule has 0 N–H and O–H groups in total. The van der Waals surface area contributed by atoms with E-state index in [9.17, 15) is 0 Å². The molecule has 2 aromatic rings. The summed E-state index contributed by atoms with van der Waals surface area (Å²) in [7, 11) is -1.80. The van der Waals surface area contributed by atoms with Crippen molar-refractivity contribution in [2.24, 2.45) is 0 Å². The lowest BCUT2D eigenvalue weighted by atomic mass is 9.98. The van der Waals surface area contributed by atoms with Gasteiger partial charge in [0.15, 0.2) is 8.32 Å². The molecule has 3 heteroatoms. The van der Waals surface area contributed by atoms with Gasteiger partial charge in [0.2, 0.25) is 0 Å². The average Bonchev–Trinajstić information content (AvgIpc) is 2.36. The van der Waals surface area contributed by atoms with Crippen LogP contribution in [0.4, 0.5) is 0 Å². The van der Waals surface area contributed by atoms with E-state index >= 15 is 0 Å². The van der Waals surface area contributed by atoms with Crippen LogP contribution in [0, 0.1) is 6.57 Å². The van der Waals surface area contributed by atoms with Gasteiger partial charge in [0.05, 0.1) is 5.56 Å². The summed E-state index contributed by atoms with van der Waals surface area (Å²) < 4.78 is 6.15.